The summed E-state index contributed by atoms with van der Waals surface area (Å²) in [6.07, 6.45) is 1.31. The Labute approximate surface area is 54.2 Å². The fraction of sp³-hybridized carbons (Fsp3) is 0.800. The highest BCUT2D eigenvalue weighted by Gasteiger charge is 1.92. The van der Waals surface area contributed by atoms with Crippen molar-refractivity contribution in [3.05, 3.63) is 0 Å². The molecule has 0 unspecified atom stereocenters. The maximum absolute atomic E-state index is 10.1. The van der Waals surface area contributed by atoms with Gasteiger partial charge in [0.2, 0.25) is 5.24 Å². The fourth-order valence-corrected chi connectivity index (χ4v) is 0.538. The highest BCUT2D eigenvalue weighted by atomic mass is 35.5. The Balaban J connectivity index is 2.82. The number of rotatable bonds is 4. The highest BCUT2D eigenvalue weighted by Crippen LogP contribution is 1.91. The molecule has 0 heterocycles. The summed E-state index contributed by atoms with van der Waals surface area (Å²) in [6.45, 7) is 0.860. The van der Waals surface area contributed by atoms with Crippen molar-refractivity contribution in [2.45, 2.75) is 12.8 Å². The van der Waals surface area contributed by atoms with Crippen LogP contribution in [0.4, 0.5) is 0 Å². The lowest BCUT2D eigenvalue weighted by Gasteiger charge is -1.91. The van der Waals surface area contributed by atoms with Gasteiger partial charge in [0.25, 0.3) is 0 Å². The topological polar surface area (TPSA) is 29.1 Å². The lowest BCUT2D eigenvalue weighted by Crippen LogP contribution is -2.08. The molecular formula is C5H10ClNO. The molecule has 0 aliphatic heterocycles. The van der Waals surface area contributed by atoms with Crippen LogP contribution in [0.1, 0.15) is 12.8 Å². The maximum Gasteiger partial charge on any atom is 0.221 e. The Bertz CT molecular complexity index is 74.8. The Morgan fingerprint density at radius 1 is 1.75 bits per heavy atom. The van der Waals surface area contributed by atoms with E-state index in [4.69, 9.17) is 11.6 Å². The van der Waals surface area contributed by atoms with Crippen molar-refractivity contribution in [1.82, 2.24) is 5.32 Å². The van der Waals surface area contributed by atoms with Crippen LogP contribution >= 0.6 is 11.6 Å². The third-order valence-electron chi connectivity index (χ3n) is 0.800. The lowest BCUT2D eigenvalue weighted by molar-refractivity contribution is -0.111. The predicted octanol–water partition coefficient (Wildman–Crippen LogP) is 0.751. The Kier molecular flexibility index (Phi) is 5.01. The minimum atomic E-state index is -0.250. The Morgan fingerprint density at radius 3 is 2.75 bits per heavy atom. The molecule has 0 aliphatic carbocycles. The molecule has 0 radical (unpaired) electrons. The largest absolute Gasteiger partial charge is 0.320 e. The molecule has 0 atom stereocenters. The standard InChI is InChI=1S/C5H10ClNO/c1-7-4-2-3-5(6)8/h7H,2-4H2,1H3. The number of carbonyl (C=O) groups is 1. The minimum absolute atomic E-state index is 0.250. The maximum atomic E-state index is 10.1. The average Bonchev–Trinajstić information content (AvgIpc) is 1.66. The van der Waals surface area contributed by atoms with Crippen LogP contribution in [-0.2, 0) is 4.79 Å². The van der Waals surface area contributed by atoms with Gasteiger partial charge in [0.1, 0.15) is 0 Å². The van der Waals surface area contributed by atoms with E-state index >= 15 is 0 Å². The van der Waals surface area contributed by atoms with E-state index in [0.717, 1.165) is 13.0 Å². The van der Waals surface area contributed by atoms with E-state index in [1.807, 2.05) is 7.05 Å². The smallest absolute Gasteiger partial charge is 0.221 e. The van der Waals surface area contributed by atoms with Gasteiger partial charge in [-0.25, -0.2) is 0 Å². The van der Waals surface area contributed by atoms with Gasteiger partial charge in [-0.1, -0.05) is 0 Å². The third kappa shape index (κ3) is 5.92. The van der Waals surface area contributed by atoms with Crippen LogP contribution in [-0.4, -0.2) is 18.8 Å². The number of hydrogen-bond donors (Lipinski definition) is 1. The molecule has 0 aromatic heterocycles. The number of halogens is 1. The van der Waals surface area contributed by atoms with Crippen LogP contribution in [0.25, 0.3) is 0 Å². The molecule has 0 aromatic rings. The summed E-state index contributed by atoms with van der Waals surface area (Å²) in [6, 6.07) is 0. The van der Waals surface area contributed by atoms with E-state index in [9.17, 15) is 4.79 Å². The highest BCUT2D eigenvalue weighted by molar-refractivity contribution is 6.63. The van der Waals surface area contributed by atoms with Crippen molar-refractivity contribution in [3.63, 3.8) is 0 Å². The molecule has 8 heavy (non-hydrogen) atoms. The van der Waals surface area contributed by atoms with Crippen LogP contribution in [0, 0.1) is 0 Å². The normalized spacial score (nSPS) is 9.25. The van der Waals surface area contributed by atoms with Gasteiger partial charge in [-0.05, 0) is 31.6 Å². The summed E-state index contributed by atoms with van der Waals surface area (Å²) >= 11 is 5.05. The first-order valence-corrected chi connectivity index (χ1v) is 2.98. The van der Waals surface area contributed by atoms with Crippen molar-refractivity contribution >= 4 is 16.8 Å². The Morgan fingerprint density at radius 2 is 2.38 bits per heavy atom. The molecule has 0 spiro atoms. The van der Waals surface area contributed by atoms with E-state index in [0.29, 0.717) is 6.42 Å². The molecule has 0 fully saturated rings. The van der Waals surface area contributed by atoms with E-state index in [1.54, 1.807) is 0 Å². The van der Waals surface area contributed by atoms with Crippen molar-refractivity contribution in [1.29, 1.82) is 0 Å². The van der Waals surface area contributed by atoms with E-state index in [2.05, 4.69) is 5.32 Å². The first-order chi connectivity index (χ1) is 3.77. The summed E-state index contributed by atoms with van der Waals surface area (Å²) in [4.78, 5) is 10.1. The van der Waals surface area contributed by atoms with Gasteiger partial charge in [-0.15, -0.1) is 0 Å². The summed E-state index contributed by atoms with van der Waals surface area (Å²) < 4.78 is 0. The summed E-state index contributed by atoms with van der Waals surface area (Å²) in [5.41, 5.74) is 0. The van der Waals surface area contributed by atoms with Crippen LogP contribution in [0.2, 0.25) is 0 Å². The van der Waals surface area contributed by atoms with Crippen LogP contribution in [0.5, 0.6) is 0 Å². The van der Waals surface area contributed by atoms with Gasteiger partial charge >= 0.3 is 0 Å². The summed E-state index contributed by atoms with van der Waals surface area (Å²) in [7, 11) is 1.85. The van der Waals surface area contributed by atoms with Crippen molar-refractivity contribution in [2.24, 2.45) is 0 Å². The molecule has 2 nitrogen and oxygen atoms in total. The van der Waals surface area contributed by atoms with Gasteiger partial charge < -0.3 is 5.32 Å². The van der Waals surface area contributed by atoms with Crippen molar-refractivity contribution in [2.75, 3.05) is 13.6 Å². The minimum Gasteiger partial charge on any atom is -0.320 e. The molecule has 0 saturated carbocycles. The molecule has 0 amide bonds. The number of hydrogen-bond acceptors (Lipinski definition) is 2. The monoisotopic (exact) mass is 135 g/mol. The molecule has 3 heteroatoms. The quantitative estimate of drug-likeness (QED) is 0.456. The molecule has 0 bridgehead atoms. The molecule has 0 rings (SSSR count). The van der Waals surface area contributed by atoms with E-state index in [-0.39, 0.29) is 5.24 Å². The molecule has 48 valence electrons. The molecule has 0 aliphatic rings. The van der Waals surface area contributed by atoms with E-state index in [1.165, 1.54) is 0 Å². The number of carbonyl (C=O) groups excluding carboxylic acids is 1. The second kappa shape index (κ2) is 5.06. The Hall–Kier alpha value is -0.0800. The van der Waals surface area contributed by atoms with Crippen LogP contribution < -0.4 is 5.32 Å². The zero-order valence-electron chi connectivity index (χ0n) is 4.91. The number of nitrogens with one attached hydrogen (secondary N) is 1. The summed E-state index contributed by atoms with van der Waals surface area (Å²) in [5, 5.41) is 2.66. The fourth-order valence-electron chi connectivity index (χ4n) is 0.404. The van der Waals surface area contributed by atoms with Gasteiger partial charge in [0.05, 0.1) is 0 Å². The van der Waals surface area contributed by atoms with Crippen molar-refractivity contribution < 1.29 is 4.79 Å². The average molecular weight is 136 g/mol. The van der Waals surface area contributed by atoms with Crippen LogP contribution in [0.3, 0.4) is 0 Å². The third-order valence-corrected chi connectivity index (χ3v) is 0.989. The predicted molar refractivity (Wildman–Crippen MR) is 34.0 cm³/mol. The molecule has 0 aromatic carbocycles. The van der Waals surface area contributed by atoms with Crippen molar-refractivity contribution in [3.8, 4) is 0 Å². The van der Waals surface area contributed by atoms with Gasteiger partial charge in [0, 0.05) is 6.42 Å². The second-order valence-electron chi connectivity index (χ2n) is 1.56. The molecular weight excluding hydrogens is 126 g/mol. The second-order valence-corrected chi connectivity index (χ2v) is 1.98. The summed E-state index contributed by atoms with van der Waals surface area (Å²) in [5.74, 6) is 0. The van der Waals surface area contributed by atoms with Crippen LogP contribution in [0.15, 0.2) is 0 Å². The van der Waals surface area contributed by atoms with E-state index < -0.39 is 0 Å². The molecule has 1 N–H and O–H groups in total. The lowest BCUT2D eigenvalue weighted by atomic mass is 10.3. The first-order valence-electron chi connectivity index (χ1n) is 2.60. The van der Waals surface area contributed by atoms with Gasteiger partial charge in [-0.2, -0.15) is 0 Å². The SMILES string of the molecule is CNCCCC(=O)Cl. The van der Waals surface area contributed by atoms with Gasteiger partial charge in [0.15, 0.2) is 0 Å². The molecule has 0 saturated heterocycles. The first kappa shape index (κ1) is 7.92. The zero-order chi connectivity index (χ0) is 6.41. The van der Waals surface area contributed by atoms with Gasteiger partial charge in [-0.3, -0.25) is 4.79 Å². The zero-order valence-corrected chi connectivity index (χ0v) is 5.66.